The molecule has 1 amide bonds. The van der Waals surface area contributed by atoms with Crippen LogP contribution in [0.15, 0.2) is 30.4 Å². The first-order valence-electron chi connectivity index (χ1n) is 10.0. The van der Waals surface area contributed by atoms with Crippen LogP contribution in [0.4, 0.5) is 5.69 Å². The third-order valence-corrected chi connectivity index (χ3v) is 4.84. The van der Waals surface area contributed by atoms with Crippen LogP contribution in [0, 0.1) is 11.8 Å². The molecule has 31 heavy (non-hydrogen) atoms. The van der Waals surface area contributed by atoms with Crippen molar-refractivity contribution in [2.24, 2.45) is 11.8 Å². The second-order valence-electron chi connectivity index (χ2n) is 8.04. The van der Waals surface area contributed by atoms with Gasteiger partial charge >= 0.3 is 17.9 Å². The zero-order valence-electron chi connectivity index (χ0n) is 17.7. The predicted molar refractivity (Wildman–Crippen MR) is 109 cm³/mol. The average molecular weight is 431 g/mol. The summed E-state index contributed by atoms with van der Waals surface area (Å²) in [6, 6.07) is 4.07. The lowest BCUT2D eigenvalue weighted by Gasteiger charge is -2.21. The summed E-state index contributed by atoms with van der Waals surface area (Å²) in [6.45, 7) is 6.75. The maximum Gasteiger partial charge on any atom is 0.338 e. The van der Waals surface area contributed by atoms with E-state index in [1.54, 1.807) is 39.8 Å². The summed E-state index contributed by atoms with van der Waals surface area (Å²) in [5, 5.41) is 12.1. The molecule has 1 saturated heterocycles. The van der Waals surface area contributed by atoms with Gasteiger partial charge in [-0.05, 0) is 45.9 Å². The highest BCUT2D eigenvalue weighted by Gasteiger charge is 2.53. The molecule has 0 spiro atoms. The van der Waals surface area contributed by atoms with Crippen molar-refractivity contribution >= 4 is 29.5 Å². The van der Waals surface area contributed by atoms with Crippen LogP contribution in [0.1, 0.15) is 48.4 Å². The molecule has 0 aromatic heterocycles. The number of esters is 2. The van der Waals surface area contributed by atoms with E-state index >= 15 is 0 Å². The first-order valence-corrected chi connectivity index (χ1v) is 10.0. The van der Waals surface area contributed by atoms with Crippen LogP contribution in [-0.2, 0) is 23.8 Å². The SMILES string of the molecule is CC(C)OC(=O)c1cc(NC(=O)[C@@H]2[C@@H](C(=O)O)[C@@H]3C=C[C@@H]2O3)cc(C(=O)OC(C)C)c1. The highest BCUT2D eigenvalue weighted by Crippen LogP contribution is 2.40. The monoisotopic (exact) mass is 431 g/mol. The summed E-state index contributed by atoms with van der Waals surface area (Å²) in [4.78, 5) is 49.3. The van der Waals surface area contributed by atoms with E-state index in [0.29, 0.717) is 0 Å². The Morgan fingerprint density at radius 2 is 1.35 bits per heavy atom. The number of hydrogen-bond acceptors (Lipinski definition) is 7. The second kappa shape index (κ2) is 8.89. The lowest BCUT2D eigenvalue weighted by Crippen LogP contribution is -2.39. The Morgan fingerprint density at radius 1 is 0.871 bits per heavy atom. The average Bonchev–Trinajstić information content (AvgIpc) is 3.28. The quantitative estimate of drug-likeness (QED) is 0.498. The van der Waals surface area contributed by atoms with E-state index in [1.165, 1.54) is 18.2 Å². The van der Waals surface area contributed by atoms with E-state index in [9.17, 15) is 24.3 Å². The van der Waals surface area contributed by atoms with Gasteiger partial charge in [0, 0.05) is 5.69 Å². The Bertz CT molecular complexity index is 895. The predicted octanol–water partition coefficient (Wildman–Crippen LogP) is 2.41. The van der Waals surface area contributed by atoms with Gasteiger partial charge in [-0.3, -0.25) is 9.59 Å². The molecule has 0 radical (unpaired) electrons. The number of anilines is 1. The molecule has 1 aromatic carbocycles. The maximum atomic E-state index is 12.9. The number of benzene rings is 1. The van der Waals surface area contributed by atoms with Gasteiger partial charge in [0.2, 0.25) is 5.91 Å². The third kappa shape index (κ3) is 4.93. The highest BCUT2D eigenvalue weighted by molar-refractivity contribution is 6.01. The van der Waals surface area contributed by atoms with Crippen LogP contribution in [-0.4, -0.2) is 53.3 Å². The Balaban J connectivity index is 1.89. The molecule has 1 aromatic rings. The fraction of sp³-hybridized carbons (Fsp3) is 0.455. The summed E-state index contributed by atoms with van der Waals surface area (Å²) in [5.41, 5.74) is 0.261. The summed E-state index contributed by atoms with van der Waals surface area (Å²) in [5.74, 6) is -5.01. The fourth-order valence-corrected chi connectivity index (χ4v) is 3.64. The number of aliphatic carboxylic acids is 1. The number of carboxylic acid groups (broad SMARTS) is 1. The van der Waals surface area contributed by atoms with Crippen molar-refractivity contribution in [2.45, 2.75) is 52.1 Å². The molecule has 2 N–H and O–H groups in total. The van der Waals surface area contributed by atoms with E-state index in [0.717, 1.165) is 0 Å². The zero-order chi connectivity index (χ0) is 22.9. The molecule has 9 nitrogen and oxygen atoms in total. The number of fused-ring (bicyclic) bond motifs is 2. The first kappa shape index (κ1) is 22.5. The van der Waals surface area contributed by atoms with Gasteiger partial charge in [-0.2, -0.15) is 0 Å². The van der Waals surface area contributed by atoms with E-state index in [1.807, 2.05) is 0 Å². The summed E-state index contributed by atoms with van der Waals surface area (Å²) < 4.78 is 15.9. The van der Waals surface area contributed by atoms with Crippen molar-refractivity contribution in [3.63, 3.8) is 0 Å². The minimum absolute atomic E-state index is 0.0566. The molecule has 0 saturated carbocycles. The standard InChI is InChI=1S/C22H25NO8/c1-10(2)29-21(27)12-7-13(22(28)30-11(3)4)9-14(8-12)23-19(24)17-15-5-6-16(31-15)18(17)20(25)26/h5-11,15-18H,1-4H3,(H,23,24)(H,25,26)/t15-,16-,17-,18-/m0/s1. The van der Waals surface area contributed by atoms with Gasteiger partial charge in [-0.15, -0.1) is 0 Å². The van der Waals surface area contributed by atoms with Gasteiger partial charge in [0.1, 0.15) is 5.92 Å². The molecule has 2 aliphatic rings. The van der Waals surface area contributed by atoms with E-state index in [4.69, 9.17) is 14.2 Å². The molecule has 2 bridgehead atoms. The Kier molecular flexibility index (Phi) is 6.45. The van der Waals surface area contributed by atoms with Gasteiger partial charge in [0.05, 0.1) is 41.5 Å². The van der Waals surface area contributed by atoms with Crippen LogP contribution < -0.4 is 5.32 Å². The molecule has 3 rings (SSSR count). The summed E-state index contributed by atoms with van der Waals surface area (Å²) in [6.07, 6.45) is 1.22. The number of amides is 1. The van der Waals surface area contributed by atoms with Crippen molar-refractivity contribution in [3.05, 3.63) is 41.5 Å². The van der Waals surface area contributed by atoms with Crippen molar-refractivity contribution in [2.75, 3.05) is 5.32 Å². The van der Waals surface area contributed by atoms with Crippen molar-refractivity contribution in [3.8, 4) is 0 Å². The lowest BCUT2D eigenvalue weighted by molar-refractivity contribution is -0.145. The van der Waals surface area contributed by atoms with Crippen molar-refractivity contribution < 1.29 is 38.5 Å². The number of carboxylic acids is 1. The summed E-state index contributed by atoms with van der Waals surface area (Å²) in [7, 11) is 0. The van der Waals surface area contributed by atoms with Crippen LogP contribution in [0.5, 0.6) is 0 Å². The number of carbonyl (C=O) groups excluding carboxylic acids is 3. The van der Waals surface area contributed by atoms with Gasteiger partial charge < -0.3 is 24.6 Å². The molecule has 0 unspecified atom stereocenters. The molecule has 166 valence electrons. The topological polar surface area (TPSA) is 128 Å². The summed E-state index contributed by atoms with van der Waals surface area (Å²) >= 11 is 0. The Labute approximate surface area is 179 Å². The van der Waals surface area contributed by atoms with Crippen LogP contribution in [0.2, 0.25) is 0 Å². The van der Waals surface area contributed by atoms with Gasteiger partial charge in [-0.1, -0.05) is 12.2 Å². The van der Waals surface area contributed by atoms with Crippen molar-refractivity contribution in [1.82, 2.24) is 0 Å². The normalized spacial score (nSPS) is 23.8. The number of rotatable bonds is 7. The zero-order valence-corrected chi connectivity index (χ0v) is 17.7. The molecule has 0 aliphatic carbocycles. The van der Waals surface area contributed by atoms with Gasteiger partial charge in [-0.25, -0.2) is 9.59 Å². The lowest BCUT2D eigenvalue weighted by atomic mass is 9.82. The minimum atomic E-state index is -1.13. The van der Waals surface area contributed by atoms with Crippen molar-refractivity contribution in [1.29, 1.82) is 0 Å². The molecule has 2 heterocycles. The number of nitrogens with one attached hydrogen (secondary N) is 1. The number of hydrogen-bond donors (Lipinski definition) is 2. The van der Waals surface area contributed by atoms with Crippen LogP contribution >= 0.6 is 0 Å². The van der Waals surface area contributed by atoms with Gasteiger partial charge in [0.15, 0.2) is 0 Å². The van der Waals surface area contributed by atoms with E-state index in [-0.39, 0.29) is 29.0 Å². The van der Waals surface area contributed by atoms with E-state index < -0.39 is 47.9 Å². The third-order valence-electron chi connectivity index (χ3n) is 4.84. The largest absolute Gasteiger partial charge is 0.481 e. The molecule has 2 aliphatic heterocycles. The Morgan fingerprint density at radius 3 is 1.81 bits per heavy atom. The number of ether oxygens (including phenoxy) is 3. The van der Waals surface area contributed by atoms with Crippen LogP contribution in [0.25, 0.3) is 0 Å². The van der Waals surface area contributed by atoms with Gasteiger partial charge in [0.25, 0.3) is 0 Å². The van der Waals surface area contributed by atoms with Crippen LogP contribution in [0.3, 0.4) is 0 Å². The first-order chi connectivity index (χ1) is 14.6. The molecular weight excluding hydrogens is 406 g/mol. The smallest absolute Gasteiger partial charge is 0.338 e. The number of carbonyl (C=O) groups is 4. The Hall–Kier alpha value is -3.20. The molecule has 1 fully saturated rings. The molecule has 9 heteroatoms. The maximum absolute atomic E-state index is 12.9. The molecule has 4 atom stereocenters. The van der Waals surface area contributed by atoms with E-state index in [2.05, 4.69) is 5.32 Å². The second-order valence-corrected chi connectivity index (χ2v) is 8.04. The minimum Gasteiger partial charge on any atom is -0.481 e. The fourth-order valence-electron chi connectivity index (χ4n) is 3.64. The highest BCUT2D eigenvalue weighted by atomic mass is 16.5. The molecular formula is C22H25NO8.